The second-order valence-electron chi connectivity index (χ2n) is 26.4. The molecule has 14 heteroatoms. The maximum atomic E-state index is 13.4. The molecular weight excluding hydrogens is 1110 g/mol. The number of rotatable bonds is 62. The van der Waals surface area contributed by atoms with Crippen LogP contribution in [0.25, 0.3) is 0 Å². The number of amides is 1. The van der Waals surface area contributed by atoms with E-state index in [2.05, 4.69) is 55.6 Å². The number of carbonyl (C=O) groups is 1. The van der Waals surface area contributed by atoms with E-state index in [9.17, 15) is 45.6 Å². The van der Waals surface area contributed by atoms with Gasteiger partial charge in [0.05, 0.1) is 32.0 Å². The molecule has 12 atom stereocenters. The van der Waals surface area contributed by atoms with Crippen LogP contribution in [0.2, 0.25) is 0 Å². The number of aliphatic hydroxyl groups excluding tert-OH is 8. The Morgan fingerprint density at radius 3 is 1.15 bits per heavy atom. The van der Waals surface area contributed by atoms with Crippen LogP contribution in [0, 0.1) is 0 Å². The fourth-order valence-corrected chi connectivity index (χ4v) is 12.4. The van der Waals surface area contributed by atoms with E-state index in [4.69, 9.17) is 18.9 Å². The number of hydrogen-bond donors (Lipinski definition) is 9. The van der Waals surface area contributed by atoms with Gasteiger partial charge in [-0.3, -0.25) is 4.79 Å². The lowest BCUT2D eigenvalue weighted by molar-refractivity contribution is -0.359. The normalized spacial score (nSPS) is 23.3. The van der Waals surface area contributed by atoms with Crippen LogP contribution in [0.15, 0.2) is 36.5 Å². The van der Waals surface area contributed by atoms with Gasteiger partial charge in [-0.1, -0.05) is 314 Å². The Kier molecular flexibility index (Phi) is 55.2. The van der Waals surface area contributed by atoms with Gasteiger partial charge in [-0.2, -0.15) is 0 Å². The second-order valence-corrected chi connectivity index (χ2v) is 26.4. The molecule has 2 fully saturated rings. The predicted octanol–water partition coefficient (Wildman–Crippen LogP) is 15.7. The molecule has 88 heavy (non-hydrogen) atoms. The van der Waals surface area contributed by atoms with Gasteiger partial charge in [0.25, 0.3) is 0 Å². The topological polar surface area (TPSA) is 228 Å². The van der Waals surface area contributed by atoms with E-state index in [0.717, 1.165) is 64.2 Å². The Hall–Kier alpha value is -1.79. The van der Waals surface area contributed by atoms with Crippen molar-refractivity contribution in [2.24, 2.45) is 0 Å². The van der Waals surface area contributed by atoms with Crippen LogP contribution in [0.3, 0.4) is 0 Å². The molecule has 14 nitrogen and oxygen atoms in total. The van der Waals surface area contributed by atoms with E-state index in [1.54, 1.807) is 0 Å². The van der Waals surface area contributed by atoms with Gasteiger partial charge in [-0.15, -0.1) is 0 Å². The maximum absolute atomic E-state index is 13.4. The molecule has 0 bridgehead atoms. The Labute approximate surface area is 538 Å². The maximum Gasteiger partial charge on any atom is 0.220 e. The SMILES string of the molecule is CCCCCCC/C=C\C/C=C\C/C=C\CCCCCCCCCCCCCCCCCCCCCCCCC(=O)NC(COC1OC(CO)C(OC2OC(CO)C(O)C(O)C2O)C(O)C1O)C(O)CCCCCCCCCCCCCCCCCCC. The van der Waals surface area contributed by atoms with E-state index in [1.807, 2.05) is 0 Å². The predicted molar refractivity (Wildman–Crippen MR) is 360 cm³/mol. The summed E-state index contributed by atoms with van der Waals surface area (Å²) < 4.78 is 22.9. The van der Waals surface area contributed by atoms with Crippen molar-refractivity contribution in [3.8, 4) is 0 Å². The van der Waals surface area contributed by atoms with E-state index < -0.39 is 86.8 Å². The summed E-state index contributed by atoms with van der Waals surface area (Å²) in [5.74, 6) is -0.200. The summed E-state index contributed by atoms with van der Waals surface area (Å²) in [6.45, 7) is 2.89. The number of carbonyl (C=O) groups excluding carboxylic acids is 1. The van der Waals surface area contributed by atoms with E-state index >= 15 is 0 Å². The zero-order valence-electron chi connectivity index (χ0n) is 56.5. The van der Waals surface area contributed by atoms with Gasteiger partial charge in [0.2, 0.25) is 5.91 Å². The zero-order valence-corrected chi connectivity index (χ0v) is 56.5. The minimum absolute atomic E-state index is 0.200. The lowest BCUT2D eigenvalue weighted by atomic mass is 9.97. The van der Waals surface area contributed by atoms with Crippen molar-refractivity contribution >= 4 is 5.91 Å². The molecule has 0 aromatic rings. The van der Waals surface area contributed by atoms with E-state index in [1.165, 1.54) is 244 Å². The third-order valence-corrected chi connectivity index (χ3v) is 18.4. The highest BCUT2D eigenvalue weighted by molar-refractivity contribution is 5.76. The van der Waals surface area contributed by atoms with Crippen LogP contribution in [0.4, 0.5) is 0 Å². The van der Waals surface area contributed by atoms with E-state index in [0.29, 0.717) is 12.8 Å². The lowest BCUT2D eigenvalue weighted by Crippen LogP contribution is -2.65. The highest BCUT2D eigenvalue weighted by atomic mass is 16.7. The highest BCUT2D eigenvalue weighted by Crippen LogP contribution is 2.30. The van der Waals surface area contributed by atoms with Gasteiger partial charge in [0.15, 0.2) is 12.6 Å². The third kappa shape index (κ3) is 42.4. The Morgan fingerprint density at radius 2 is 0.750 bits per heavy atom. The van der Waals surface area contributed by atoms with E-state index in [-0.39, 0.29) is 12.5 Å². The molecule has 2 aliphatic heterocycles. The highest BCUT2D eigenvalue weighted by Gasteiger charge is 2.51. The quantitative estimate of drug-likeness (QED) is 0.0204. The van der Waals surface area contributed by atoms with Crippen molar-refractivity contribution < 1.29 is 64.6 Å². The molecule has 12 unspecified atom stereocenters. The van der Waals surface area contributed by atoms with Crippen LogP contribution in [-0.4, -0.2) is 140 Å². The van der Waals surface area contributed by atoms with Gasteiger partial charge >= 0.3 is 0 Å². The fourth-order valence-electron chi connectivity index (χ4n) is 12.4. The van der Waals surface area contributed by atoms with Crippen molar-refractivity contribution in [2.75, 3.05) is 19.8 Å². The minimum atomic E-state index is -1.78. The number of hydrogen-bond acceptors (Lipinski definition) is 13. The lowest BCUT2D eigenvalue weighted by Gasteiger charge is -2.46. The van der Waals surface area contributed by atoms with Crippen LogP contribution in [-0.2, 0) is 23.7 Å². The average Bonchev–Trinajstić information content (AvgIpc) is 2.07. The molecule has 0 aromatic heterocycles. The van der Waals surface area contributed by atoms with Crippen molar-refractivity contribution in [1.82, 2.24) is 5.32 Å². The summed E-state index contributed by atoms with van der Waals surface area (Å²) >= 11 is 0. The summed E-state index contributed by atoms with van der Waals surface area (Å²) in [5, 5.41) is 87.6. The summed E-state index contributed by atoms with van der Waals surface area (Å²) in [7, 11) is 0. The molecular formula is C74H139NO13. The first-order valence-corrected chi connectivity index (χ1v) is 37.2. The smallest absolute Gasteiger partial charge is 0.220 e. The molecule has 9 N–H and O–H groups in total. The summed E-state index contributed by atoms with van der Waals surface area (Å²) in [6.07, 6.45) is 58.9. The van der Waals surface area contributed by atoms with Crippen LogP contribution in [0.5, 0.6) is 0 Å². The number of allylic oxidation sites excluding steroid dienone is 6. The summed E-state index contributed by atoms with van der Waals surface area (Å²) in [5.41, 5.74) is 0. The van der Waals surface area contributed by atoms with Crippen molar-refractivity contribution in [1.29, 1.82) is 0 Å². The first kappa shape index (κ1) is 82.3. The Balaban J connectivity index is 1.58. The molecule has 2 saturated heterocycles. The van der Waals surface area contributed by atoms with Gasteiger partial charge in [-0.05, 0) is 51.4 Å². The van der Waals surface area contributed by atoms with Crippen LogP contribution >= 0.6 is 0 Å². The molecule has 518 valence electrons. The fraction of sp³-hybridized carbons (Fsp3) is 0.905. The molecule has 2 aliphatic rings. The summed E-state index contributed by atoms with van der Waals surface area (Å²) in [6, 6.07) is -0.827. The molecule has 0 spiro atoms. The number of aliphatic hydroxyl groups is 8. The largest absolute Gasteiger partial charge is 0.394 e. The average molecular weight is 1250 g/mol. The van der Waals surface area contributed by atoms with Gasteiger partial charge < -0.3 is 65.1 Å². The molecule has 1 amide bonds. The number of ether oxygens (including phenoxy) is 4. The van der Waals surface area contributed by atoms with Crippen LogP contribution in [0.1, 0.15) is 335 Å². The standard InChI is InChI=1S/C74H139NO13/c1-3-5-7-9-11-13-15-17-19-21-22-23-24-25-26-27-28-29-30-31-32-33-34-35-36-37-38-39-40-42-44-46-48-50-52-54-56-58-66(79)75-62(63(78)57-55-53-51-49-47-45-43-41-20-18-16-14-12-10-8-6-4-2)61-85-73-71(84)69(82)72(65(60-77)87-73)88-74-70(83)68(81)67(80)64(59-76)86-74/h15,17,21-22,24-25,62-65,67-74,76-78,80-84H,3-14,16,18-20,23,26-61H2,1-2H3,(H,75,79)/b17-15-,22-21-,25-24-. The molecule has 0 aromatic carbocycles. The molecule has 2 heterocycles. The van der Waals surface area contributed by atoms with Crippen molar-refractivity contribution in [3.63, 3.8) is 0 Å². The first-order chi connectivity index (χ1) is 43.1. The van der Waals surface area contributed by atoms with Gasteiger partial charge in [0.1, 0.15) is 48.8 Å². The zero-order chi connectivity index (χ0) is 63.8. The van der Waals surface area contributed by atoms with Gasteiger partial charge in [0, 0.05) is 6.42 Å². The monoisotopic (exact) mass is 1250 g/mol. The molecule has 0 aliphatic carbocycles. The molecule has 0 radical (unpaired) electrons. The Bertz CT molecular complexity index is 1620. The van der Waals surface area contributed by atoms with Crippen molar-refractivity contribution in [3.05, 3.63) is 36.5 Å². The Morgan fingerprint density at radius 1 is 0.409 bits per heavy atom. The number of unbranched alkanes of at least 4 members (excludes halogenated alkanes) is 43. The first-order valence-electron chi connectivity index (χ1n) is 37.2. The number of nitrogens with one attached hydrogen (secondary N) is 1. The van der Waals surface area contributed by atoms with Crippen LogP contribution < -0.4 is 5.32 Å². The second kappa shape index (κ2) is 59.0. The third-order valence-electron chi connectivity index (χ3n) is 18.4. The summed E-state index contributed by atoms with van der Waals surface area (Å²) in [4.78, 5) is 13.4. The molecule has 2 rings (SSSR count). The minimum Gasteiger partial charge on any atom is -0.394 e. The van der Waals surface area contributed by atoms with Gasteiger partial charge in [-0.25, -0.2) is 0 Å². The van der Waals surface area contributed by atoms with Crippen molar-refractivity contribution in [2.45, 2.75) is 408 Å². The molecule has 0 saturated carbocycles.